The summed E-state index contributed by atoms with van der Waals surface area (Å²) in [6.07, 6.45) is 0.638. The lowest BCUT2D eigenvalue weighted by Gasteiger charge is -2.37. The number of aliphatic carboxylic acids is 1. The predicted octanol–water partition coefficient (Wildman–Crippen LogP) is 7.96. The molecule has 0 aliphatic carbocycles. The molecular weight excluding hydrogens is 817 g/mol. The Morgan fingerprint density at radius 2 is 1.62 bits per heavy atom. The number of carbonyl (C=O) groups is 4. The van der Waals surface area contributed by atoms with Crippen molar-refractivity contribution in [2.24, 2.45) is 0 Å². The van der Waals surface area contributed by atoms with Gasteiger partial charge in [-0.2, -0.15) is 5.26 Å². The average molecular weight is 853 g/mol. The molecule has 0 saturated heterocycles. The van der Waals surface area contributed by atoms with Crippen LogP contribution in [0.3, 0.4) is 0 Å². The first kappa shape index (κ1) is 40.6. The third-order valence-corrected chi connectivity index (χ3v) is 11.2. The van der Waals surface area contributed by atoms with Gasteiger partial charge in [0.15, 0.2) is 0 Å². The van der Waals surface area contributed by atoms with Gasteiger partial charge in [-0.15, -0.1) is 0 Å². The summed E-state index contributed by atoms with van der Waals surface area (Å²) in [6.45, 7) is 0.219. The molecule has 1 aromatic heterocycles. The number of ether oxygens (including phenoxy) is 2. The van der Waals surface area contributed by atoms with E-state index in [1.54, 1.807) is 103 Å². The molecule has 14 heteroatoms. The molecule has 6 aromatic rings. The Kier molecular flexibility index (Phi) is 11.7. The zero-order valence-corrected chi connectivity index (χ0v) is 33.7. The molecule has 8 rings (SSSR count). The molecule has 3 atom stereocenters. The molecule has 12 nitrogen and oxygen atoms in total. The van der Waals surface area contributed by atoms with Gasteiger partial charge < -0.3 is 30.1 Å². The van der Waals surface area contributed by atoms with E-state index in [0.29, 0.717) is 55.6 Å². The Labute approximate surface area is 360 Å². The number of halogens is 2. The van der Waals surface area contributed by atoms with Crippen molar-refractivity contribution in [1.29, 1.82) is 5.26 Å². The summed E-state index contributed by atoms with van der Waals surface area (Å²) >= 11 is 12.0. The van der Waals surface area contributed by atoms with Crippen LogP contribution < -0.4 is 20.1 Å². The highest BCUT2D eigenvalue weighted by atomic mass is 35.5. The van der Waals surface area contributed by atoms with Crippen LogP contribution in [-0.2, 0) is 40.4 Å². The second kappa shape index (κ2) is 17.6. The number of nitrogens with zero attached hydrogens (tertiary/aromatic N) is 3. The average Bonchev–Trinajstić information content (AvgIpc) is 3.28. The molecule has 5 aromatic carbocycles. The smallest absolute Gasteiger partial charge is 0.326 e. The van der Waals surface area contributed by atoms with E-state index in [1.165, 1.54) is 4.90 Å². The molecule has 3 heterocycles. The van der Waals surface area contributed by atoms with Gasteiger partial charge in [0, 0.05) is 42.3 Å². The molecule has 0 fully saturated rings. The van der Waals surface area contributed by atoms with Crippen LogP contribution in [0.2, 0.25) is 10.2 Å². The number of pyridine rings is 1. The van der Waals surface area contributed by atoms with Gasteiger partial charge in [0.1, 0.15) is 35.3 Å². The molecule has 0 radical (unpaired) electrons. The van der Waals surface area contributed by atoms with E-state index in [4.69, 9.17) is 37.9 Å². The fraction of sp³-hybridized carbons (Fsp3) is 0.149. The van der Waals surface area contributed by atoms with Crippen molar-refractivity contribution in [3.05, 3.63) is 177 Å². The number of carboxylic acids is 1. The second-order valence-corrected chi connectivity index (χ2v) is 15.4. The first-order chi connectivity index (χ1) is 29.5. The highest BCUT2D eigenvalue weighted by Gasteiger charge is 2.39. The van der Waals surface area contributed by atoms with Gasteiger partial charge in [0.05, 0.1) is 22.3 Å². The fourth-order valence-corrected chi connectivity index (χ4v) is 7.62. The number of amides is 3. The van der Waals surface area contributed by atoms with Gasteiger partial charge in [-0.25, -0.2) is 9.78 Å². The van der Waals surface area contributed by atoms with E-state index < -0.39 is 41.9 Å². The molecule has 2 unspecified atom stereocenters. The Hall–Kier alpha value is -7.20. The van der Waals surface area contributed by atoms with Crippen molar-refractivity contribution in [2.45, 2.75) is 44.2 Å². The van der Waals surface area contributed by atoms with Gasteiger partial charge >= 0.3 is 5.97 Å². The largest absolute Gasteiger partial charge is 0.489 e. The van der Waals surface area contributed by atoms with Crippen LogP contribution in [0.4, 0.5) is 5.69 Å². The minimum Gasteiger partial charge on any atom is -0.489 e. The SMILES string of the molecule is N#Cc1ccc(-c2ccc(C[C@H](NC(=O)C3Cc4cc5c(cc4CN3C(=O)c3ccccc3)OC(c3ccc(OCc4cnc(Cl)c(Cl)c4)cc3)C(=O)N5)C(=O)O)cc2)cc1. The maximum Gasteiger partial charge on any atom is 0.326 e. The van der Waals surface area contributed by atoms with E-state index in [0.717, 1.165) is 16.7 Å². The number of rotatable bonds is 11. The molecule has 304 valence electrons. The van der Waals surface area contributed by atoms with Crippen LogP contribution in [-0.4, -0.2) is 50.8 Å². The van der Waals surface area contributed by atoms with Crippen molar-refractivity contribution < 1.29 is 33.8 Å². The maximum absolute atomic E-state index is 14.1. The molecule has 0 bridgehead atoms. The molecule has 61 heavy (non-hydrogen) atoms. The van der Waals surface area contributed by atoms with Gasteiger partial charge in [0.25, 0.3) is 11.8 Å². The molecule has 0 spiro atoms. The first-order valence-electron chi connectivity index (χ1n) is 19.2. The summed E-state index contributed by atoms with van der Waals surface area (Å²) in [6, 6.07) is 34.8. The van der Waals surface area contributed by atoms with Crippen LogP contribution >= 0.6 is 23.2 Å². The van der Waals surface area contributed by atoms with Crippen molar-refractivity contribution in [1.82, 2.24) is 15.2 Å². The lowest BCUT2D eigenvalue weighted by molar-refractivity contribution is -0.142. The van der Waals surface area contributed by atoms with E-state index >= 15 is 0 Å². The van der Waals surface area contributed by atoms with E-state index in [-0.39, 0.29) is 31.1 Å². The highest BCUT2D eigenvalue weighted by molar-refractivity contribution is 6.41. The summed E-state index contributed by atoms with van der Waals surface area (Å²) in [5, 5.41) is 25.5. The third kappa shape index (κ3) is 9.04. The quantitative estimate of drug-likeness (QED) is 0.109. The number of aromatic nitrogens is 1. The number of carboxylic acid groups (broad SMARTS) is 1. The lowest BCUT2D eigenvalue weighted by Crippen LogP contribution is -2.56. The Morgan fingerprint density at radius 3 is 2.30 bits per heavy atom. The van der Waals surface area contributed by atoms with E-state index in [2.05, 4.69) is 21.7 Å². The Morgan fingerprint density at radius 1 is 0.918 bits per heavy atom. The van der Waals surface area contributed by atoms with Gasteiger partial charge in [-0.3, -0.25) is 14.4 Å². The Balaban J connectivity index is 0.991. The normalized spacial score (nSPS) is 15.8. The zero-order chi connectivity index (χ0) is 42.6. The fourth-order valence-electron chi connectivity index (χ4n) is 7.32. The van der Waals surface area contributed by atoms with Crippen LogP contribution in [0.5, 0.6) is 11.5 Å². The number of anilines is 1. The lowest BCUT2D eigenvalue weighted by atomic mass is 9.91. The molecule has 2 aliphatic rings. The summed E-state index contributed by atoms with van der Waals surface area (Å²) in [5.41, 5.74) is 6.49. The summed E-state index contributed by atoms with van der Waals surface area (Å²) in [5.74, 6) is -1.72. The van der Waals surface area contributed by atoms with Crippen molar-refractivity contribution in [3.63, 3.8) is 0 Å². The van der Waals surface area contributed by atoms with Crippen molar-refractivity contribution in [3.8, 4) is 28.7 Å². The summed E-state index contributed by atoms with van der Waals surface area (Å²) in [4.78, 5) is 59.7. The second-order valence-electron chi connectivity index (χ2n) is 14.6. The number of fused-ring (bicyclic) bond motifs is 2. The van der Waals surface area contributed by atoms with Crippen molar-refractivity contribution in [2.75, 3.05) is 5.32 Å². The minimum absolute atomic E-state index is 0.00506. The number of hydrogen-bond donors (Lipinski definition) is 3. The molecule has 3 amide bonds. The standard InChI is InChI=1S/C47H35Cl2N5O7/c48-37-18-29(24-51-43(37)49)26-60-36-16-14-32(15-17-36)42-45(56)52-38-20-34-21-40(54(25-35(34)22-41(38)61-42)46(57)33-4-2-1-3-5-33)44(55)53-39(47(58)59)19-27-6-10-30(11-7-27)31-12-8-28(23-50)9-13-31/h1-18,20,22,24,39-40,42H,19,21,25-26H2,(H,52,56)(H,53,55)(H,58,59)/t39-,40?,42?/m0/s1. The van der Waals surface area contributed by atoms with Gasteiger partial charge in [-0.05, 0) is 82.4 Å². The van der Waals surface area contributed by atoms with Crippen LogP contribution in [0.1, 0.15) is 49.8 Å². The zero-order valence-electron chi connectivity index (χ0n) is 32.2. The first-order valence-corrected chi connectivity index (χ1v) is 19.9. The highest BCUT2D eigenvalue weighted by Crippen LogP contribution is 2.40. The molecule has 0 saturated carbocycles. The van der Waals surface area contributed by atoms with Crippen LogP contribution in [0, 0.1) is 11.3 Å². The third-order valence-electron chi connectivity index (χ3n) is 10.6. The Bertz CT molecular complexity index is 2690. The van der Waals surface area contributed by atoms with Crippen molar-refractivity contribution >= 4 is 52.6 Å². The van der Waals surface area contributed by atoms with E-state index in [9.17, 15) is 24.3 Å². The van der Waals surface area contributed by atoms with Gasteiger partial charge in [0.2, 0.25) is 12.0 Å². The molecule has 3 N–H and O–H groups in total. The summed E-state index contributed by atoms with van der Waals surface area (Å²) in [7, 11) is 0. The molecular formula is C47H35Cl2N5O7. The monoisotopic (exact) mass is 851 g/mol. The van der Waals surface area contributed by atoms with E-state index in [1.807, 2.05) is 24.3 Å². The number of benzene rings is 5. The minimum atomic E-state index is -1.29. The predicted molar refractivity (Wildman–Crippen MR) is 227 cm³/mol. The number of hydrogen-bond acceptors (Lipinski definition) is 8. The topological polar surface area (TPSA) is 171 Å². The summed E-state index contributed by atoms with van der Waals surface area (Å²) < 4.78 is 12.1. The number of nitriles is 1. The van der Waals surface area contributed by atoms with Crippen LogP contribution in [0.25, 0.3) is 11.1 Å². The van der Waals surface area contributed by atoms with Crippen LogP contribution in [0.15, 0.2) is 128 Å². The molecule has 2 aliphatic heterocycles. The van der Waals surface area contributed by atoms with Gasteiger partial charge in [-0.1, -0.05) is 89.9 Å². The number of nitrogens with one attached hydrogen (secondary N) is 2. The number of carbonyl (C=O) groups excluding carboxylic acids is 3. The maximum atomic E-state index is 14.1.